The molecule has 1 saturated heterocycles. The average Bonchev–Trinajstić information content (AvgIpc) is 2.93. The van der Waals surface area contributed by atoms with Gasteiger partial charge in [0.2, 0.25) is 10.0 Å². The van der Waals surface area contributed by atoms with E-state index in [1.807, 2.05) is 24.8 Å². The summed E-state index contributed by atoms with van der Waals surface area (Å²) in [7, 11) is -3.53. The first-order valence-corrected chi connectivity index (χ1v) is 11.0. The number of benzene rings is 2. The van der Waals surface area contributed by atoms with E-state index >= 15 is 0 Å². The maximum atomic E-state index is 12.8. The third-order valence-corrected chi connectivity index (χ3v) is 7.37. The van der Waals surface area contributed by atoms with E-state index in [1.54, 1.807) is 36.4 Å². The maximum Gasteiger partial charge on any atom is 0.300 e. The van der Waals surface area contributed by atoms with Crippen LogP contribution in [0, 0.1) is 13.8 Å². The Kier molecular flexibility index (Phi) is 5.02. The van der Waals surface area contributed by atoms with E-state index in [0.717, 1.165) is 11.1 Å². The van der Waals surface area contributed by atoms with Crippen LogP contribution >= 0.6 is 0 Å². The molecule has 0 atom stereocenters. The van der Waals surface area contributed by atoms with Gasteiger partial charge in [-0.15, -0.1) is 0 Å². The number of hydrogen-bond donors (Lipinski definition) is 0. The Morgan fingerprint density at radius 2 is 1.48 bits per heavy atom. The molecule has 0 unspecified atom stereocenters. The molecule has 0 saturated carbocycles. The molecule has 2 aliphatic heterocycles. The fraction of sp³-hybridized carbons (Fsp3) is 0.333. The smallest absolute Gasteiger partial charge is 0.291 e. The Bertz CT molecular complexity index is 1070. The zero-order chi connectivity index (χ0) is 20.8. The van der Waals surface area contributed by atoms with Gasteiger partial charge in [0, 0.05) is 26.2 Å². The SMILES string of the molecule is Cc1ccc(S(=O)(=O)N2CCN(CN3C(=O)C(=O)c4cc(C)ccc43)CC2)cc1. The molecule has 1 amide bonds. The molecule has 2 aromatic rings. The van der Waals surface area contributed by atoms with Gasteiger partial charge >= 0.3 is 5.91 Å². The van der Waals surface area contributed by atoms with E-state index in [-0.39, 0.29) is 6.67 Å². The second-order valence-electron chi connectivity index (χ2n) is 7.56. The molecule has 0 bridgehead atoms. The lowest BCUT2D eigenvalue weighted by Crippen LogP contribution is -2.52. The van der Waals surface area contributed by atoms with Crippen LogP contribution in [0.5, 0.6) is 0 Å². The van der Waals surface area contributed by atoms with E-state index in [0.29, 0.717) is 42.3 Å². The van der Waals surface area contributed by atoms with Crippen LogP contribution in [0.3, 0.4) is 0 Å². The minimum Gasteiger partial charge on any atom is -0.291 e. The predicted molar refractivity (Wildman–Crippen MR) is 109 cm³/mol. The number of carbonyl (C=O) groups excluding carboxylic acids is 2. The van der Waals surface area contributed by atoms with E-state index < -0.39 is 21.7 Å². The Labute approximate surface area is 170 Å². The van der Waals surface area contributed by atoms with Gasteiger partial charge in [-0.3, -0.25) is 19.4 Å². The van der Waals surface area contributed by atoms with Crippen molar-refractivity contribution in [3.8, 4) is 0 Å². The van der Waals surface area contributed by atoms with Gasteiger partial charge in [-0.25, -0.2) is 8.42 Å². The molecule has 0 N–H and O–H groups in total. The molecule has 0 aliphatic carbocycles. The minimum absolute atomic E-state index is 0.277. The van der Waals surface area contributed by atoms with Crippen molar-refractivity contribution in [2.24, 2.45) is 0 Å². The predicted octanol–water partition coefficient (Wildman–Crippen LogP) is 1.80. The summed E-state index contributed by atoms with van der Waals surface area (Å²) in [5.74, 6) is -1.01. The van der Waals surface area contributed by atoms with Crippen LogP contribution in [0.25, 0.3) is 0 Å². The number of sulfonamides is 1. The number of aryl methyl sites for hydroxylation is 2. The second-order valence-corrected chi connectivity index (χ2v) is 9.50. The highest BCUT2D eigenvalue weighted by Crippen LogP contribution is 2.30. The number of hydrogen-bond acceptors (Lipinski definition) is 5. The first-order valence-electron chi connectivity index (χ1n) is 9.53. The molecule has 1 fully saturated rings. The van der Waals surface area contributed by atoms with Gasteiger partial charge in [0.05, 0.1) is 22.8 Å². The van der Waals surface area contributed by atoms with Gasteiger partial charge in [-0.1, -0.05) is 29.3 Å². The summed E-state index contributed by atoms with van der Waals surface area (Å²) in [5.41, 5.74) is 3.01. The molecule has 4 rings (SSSR count). The summed E-state index contributed by atoms with van der Waals surface area (Å²) < 4.78 is 27.2. The van der Waals surface area contributed by atoms with Crippen molar-refractivity contribution in [2.45, 2.75) is 18.7 Å². The number of piperazine rings is 1. The van der Waals surface area contributed by atoms with Crippen LogP contribution in [-0.2, 0) is 14.8 Å². The standard InChI is InChI=1S/C21H23N3O4S/c1-15-3-6-17(7-4-15)29(27,28)23-11-9-22(10-12-23)14-24-19-8-5-16(2)13-18(19)20(25)21(24)26/h3-8,13H,9-12,14H2,1-2H3. The molecule has 0 aromatic heterocycles. The summed E-state index contributed by atoms with van der Waals surface area (Å²) in [5, 5.41) is 0. The van der Waals surface area contributed by atoms with Crippen molar-refractivity contribution in [2.75, 3.05) is 37.7 Å². The highest BCUT2D eigenvalue weighted by atomic mass is 32.2. The third-order valence-electron chi connectivity index (χ3n) is 5.46. The van der Waals surface area contributed by atoms with Gasteiger partial charge in [-0.2, -0.15) is 4.31 Å². The third kappa shape index (κ3) is 3.59. The molecule has 2 aromatic carbocycles. The van der Waals surface area contributed by atoms with Gasteiger partial charge < -0.3 is 0 Å². The molecular weight excluding hydrogens is 390 g/mol. The summed E-state index contributed by atoms with van der Waals surface area (Å²) >= 11 is 0. The van der Waals surface area contributed by atoms with Gasteiger partial charge in [-0.05, 0) is 38.1 Å². The van der Waals surface area contributed by atoms with Crippen LogP contribution in [0.2, 0.25) is 0 Å². The molecular formula is C21H23N3O4S. The number of anilines is 1. The normalized spacial score (nSPS) is 18.3. The number of carbonyl (C=O) groups is 2. The van der Waals surface area contributed by atoms with E-state index in [1.165, 1.54) is 9.21 Å². The molecule has 2 heterocycles. The summed E-state index contributed by atoms with van der Waals surface area (Å²) in [4.78, 5) is 28.5. The summed E-state index contributed by atoms with van der Waals surface area (Å²) in [6.07, 6.45) is 0. The zero-order valence-electron chi connectivity index (χ0n) is 16.5. The highest BCUT2D eigenvalue weighted by Gasteiger charge is 2.37. The van der Waals surface area contributed by atoms with Gasteiger partial charge in [0.1, 0.15) is 0 Å². The lowest BCUT2D eigenvalue weighted by Gasteiger charge is -2.35. The Morgan fingerprint density at radius 1 is 0.862 bits per heavy atom. The molecule has 2 aliphatic rings. The van der Waals surface area contributed by atoms with Crippen molar-refractivity contribution in [3.63, 3.8) is 0 Å². The van der Waals surface area contributed by atoms with Gasteiger partial charge in [0.15, 0.2) is 0 Å². The largest absolute Gasteiger partial charge is 0.300 e. The average molecular weight is 413 g/mol. The van der Waals surface area contributed by atoms with Crippen LogP contribution in [-0.4, -0.2) is 62.2 Å². The fourth-order valence-corrected chi connectivity index (χ4v) is 5.15. The van der Waals surface area contributed by atoms with Crippen molar-refractivity contribution in [3.05, 3.63) is 59.2 Å². The van der Waals surface area contributed by atoms with E-state index in [4.69, 9.17) is 0 Å². The van der Waals surface area contributed by atoms with Crippen molar-refractivity contribution in [1.82, 2.24) is 9.21 Å². The lowest BCUT2D eigenvalue weighted by molar-refractivity contribution is -0.114. The van der Waals surface area contributed by atoms with Gasteiger partial charge in [0.25, 0.3) is 5.78 Å². The van der Waals surface area contributed by atoms with Crippen molar-refractivity contribution in [1.29, 1.82) is 0 Å². The Balaban J connectivity index is 1.44. The number of nitrogens with zero attached hydrogens (tertiary/aromatic N) is 3. The highest BCUT2D eigenvalue weighted by molar-refractivity contribution is 7.89. The Hall–Kier alpha value is -2.55. The second kappa shape index (κ2) is 7.37. The van der Waals surface area contributed by atoms with Crippen LogP contribution in [0.15, 0.2) is 47.4 Å². The number of Topliss-reactive ketones (excluding diaryl/α,β-unsaturated/α-hetero) is 1. The number of amides is 1. The molecule has 8 heteroatoms. The number of fused-ring (bicyclic) bond motifs is 1. The molecule has 0 spiro atoms. The first kappa shape index (κ1) is 19.8. The first-order chi connectivity index (χ1) is 13.8. The fourth-order valence-electron chi connectivity index (χ4n) is 3.73. The lowest BCUT2D eigenvalue weighted by atomic mass is 10.1. The molecule has 29 heavy (non-hydrogen) atoms. The summed E-state index contributed by atoms with van der Waals surface area (Å²) in [6, 6.07) is 12.3. The molecule has 7 nitrogen and oxygen atoms in total. The van der Waals surface area contributed by atoms with Crippen molar-refractivity contribution >= 4 is 27.4 Å². The minimum atomic E-state index is -3.53. The number of ketones is 1. The van der Waals surface area contributed by atoms with Crippen LogP contribution < -0.4 is 4.90 Å². The van der Waals surface area contributed by atoms with Crippen LogP contribution in [0.4, 0.5) is 5.69 Å². The topological polar surface area (TPSA) is 78.0 Å². The van der Waals surface area contributed by atoms with E-state index in [9.17, 15) is 18.0 Å². The zero-order valence-corrected chi connectivity index (χ0v) is 17.3. The molecule has 152 valence electrons. The summed E-state index contributed by atoms with van der Waals surface area (Å²) in [6.45, 7) is 5.74. The van der Waals surface area contributed by atoms with Crippen LogP contribution in [0.1, 0.15) is 21.5 Å². The van der Waals surface area contributed by atoms with E-state index in [2.05, 4.69) is 0 Å². The quantitative estimate of drug-likeness (QED) is 0.715. The van der Waals surface area contributed by atoms with Crippen molar-refractivity contribution < 1.29 is 18.0 Å². The maximum absolute atomic E-state index is 12.8. The Morgan fingerprint density at radius 3 is 2.14 bits per heavy atom. The monoisotopic (exact) mass is 413 g/mol. The molecule has 0 radical (unpaired) electrons. The number of rotatable bonds is 4.